The molecule has 0 saturated carbocycles. The van der Waals surface area contributed by atoms with Crippen molar-refractivity contribution in [2.45, 2.75) is 32.4 Å². The normalized spacial score (nSPS) is 15.8. The Hall–Kier alpha value is -1.89. The zero-order valence-corrected chi connectivity index (χ0v) is 11.9. The van der Waals surface area contributed by atoms with Gasteiger partial charge in [0, 0.05) is 44.9 Å². The number of hydrogen-bond acceptors (Lipinski definition) is 4. The van der Waals surface area contributed by atoms with Crippen molar-refractivity contribution in [2.24, 2.45) is 7.05 Å². The number of methoxy groups -OCH3 is 1. The standard InChI is InChI=1S/C13H19N3O4/c1-4-10(20-3)12(17)16-6-5-9-8(7-16)11(13(18)19)14-15(9)2/h10H,4-7H2,1-3H3,(H,18,19). The first-order chi connectivity index (χ1) is 9.49. The predicted molar refractivity (Wildman–Crippen MR) is 70.4 cm³/mol. The Labute approximate surface area is 117 Å². The highest BCUT2D eigenvalue weighted by atomic mass is 16.5. The molecule has 0 radical (unpaired) electrons. The zero-order valence-electron chi connectivity index (χ0n) is 11.9. The molecule has 0 spiro atoms. The summed E-state index contributed by atoms with van der Waals surface area (Å²) in [5.41, 5.74) is 1.55. The Kier molecular flexibility index (Phi) is 4.08. The van der Waals surface area contributed by atoms with Crippen LogP contribution in [-0.4, -0.2) is 51.4 Å². The highest BCUT2D eigenvalue weighted by Gasteiger charge is 2.31. The monoisotopic (exact) mass is 281 g/mol. The number of fused-ring (bicyclic) bond motifs is 1. The molecule has 0 aromatic carbocycles. The van der Waals surface area contributed by atoms with Crippen molar-refractivity contribution in [3.8, 4) is 0 Å². The minimum atomic E-state index is -1.06. The van der Waals surface area contributed by atoms with E-state index in [1.807, 2.05) is 6.92 Å². The van der Waals surface area contributed by atoms with E-state index in [1.165, 1.54) is 7.11 Å². The smallest absolute Gasteiger partial charge is 0.356 e. The molecule has 110 valence electrons. The number of carbonyl (C=O) groups excluding carboxylic acids is 1. The number of nitrogens with zero attached hydrogens (tertiary/aromatic N) is 3. The lowest BCUT2D eigenvalue weighted by atomic mass is 10.0. The maximum Gasteiger partial charge on any atom is 0.356 e. The van der Waals surface area contributed by atoms with Crippen molar-refractivity contribution in [1.29, 1.82) is 0 Å². The summed E-state index contributed by atoms with van der Waals surface area (Å²) in [6.45, 7) is 2.72. The Balaban J connectivity index is 2.26. The molecule has 0 saturated heterocycles. The second-order valence-corrected chi connectivity index (χ2v) is 4.84. The molecule has 0 aliphatic carbocycles. The minimum absolute atomic E-state index is 0.0328. The van der Waals surface area contributed by atoms with Crippen LogP contribution in [0.5, 0.6) is 0 Å². The van der Waals surface area contributed by atoms with Crippen molar-refractivity contribution in [1.82, 2.24) is 14.7 Å². The van der Waals surface area contributed by atoms with Gasteiger partial charge in [-0.15, -0.1) is 0 Å². The minimum Gasteiger partial charge on any atom is -0.476 e. The molecule has 20 heavy (non-hydrogen) atoms. The fourth-order valence-corrected chi connectivity index (χ4v) is 2.60. The van der Waals surface area contributed by atoms with E-state index < -0.39 is 12.1 Å². The maximum absolute atomic E-state index is 12.3. The fraction of sp³-hybridized carbons (Fsp3) is 0.615. The molecular weight excluding hydrogens is 262 g/mol. The van der Waals surface area contributed by atoms with Gasteiger partial charge in [0.1, 0.15) is 6.10 Å². The molecule has 1 aliphatic heterocycles. The van der Waals surface area contributed by atoms with Gasteiger partial charge in [-0.3, -0.25) is 9.48 Å². The van der Waals surface area contributed by atoms with Crippen LogP contribution >= 0.6 is 0 Å². The second kappa shape index (κ2) is 5.62. The summed E-state index contributed by atoms with van der Waals surface area (Å²) >= 11 is 0. The average Bonchev–Trinajstić information content (AvgIpc) is 2.77. The van der Waals surface area contributed by atoms with E-state index in [1.54, 1.807) is 16.6 Å². The van der Waals surface area contributed by atoms with Crippen LogP contribution in [0.2, 0.25) is 0 Å². The Morgan fingerprint density at radius 3 is 2.75 bits per heavy atom. The molecule has 2 rings (SSSR count). The van der Waals surface area contributed by atoms with Crippen LogP contribution in [0.4, 0.5) is 0 Å². The maximum atomic E-state index is 12.3. The van der Waals surface area contributed by atoms with Crippen LogP contribution in [0.15, 0.2) is 0 Å². The molecule has 1 aliphatic rings. The lowest BCUT2D eigenvalue weighted by molar-refractivity contribution is -0.143. The summed E-state index contributed by atoms with van der Waals surface area (Å²) in [6.07, 6.45) is 0.733. The number of ether oxygens (including phenoxy) is 1. The Morgan fingerprint density at radius 2 is 2.20 bits per heavy atom. The molecule has 1 atom stereocenters. The molecule has 1 unspecified atom stereocenters. The van der Waals surface area contributed by atoms with Gasteiger partial charge in [-0.25, -0.2) is 4.79 Å². The third-order valence-corrected chi connectivity index (χ3v) is 3.69. The summed E-state index contributed by atoms with van der Waals surface area (Å²) in [6, 6.07) is 0. The fourth-order valence-electron chi connectivity index (χ4n) is 2.60. The number of hydrogen-bond donors (Lipinski definition) is 1. The summed E-state index contributed by atoms with van der Waals surface area (Å²) in [5, 5.41) is 13.2. The number of aromatic nitrogens is 2. The van der Waals surface area contributed by atoms with Gasteiger partial charge in [0.15, 0.2) is 5.69 Å². The predicted octanol–water partition coefficient (Wildman–Crippen LogP) is 0.428. The number of rotatable bonds is 4. The number of amides is 1. The molecule has 7 nitrogen and oxygen atoms in total. The first kappa shape index (κ1) is 14.5. The number of carboxylic acid groups (broad SMARTS) is 1. The molecule has 1 N–H and O–H groups in total. The second-order valence-electron chi connectivity index (χ2n) is 4.84. The largest absolute Gasteiger partial charge is 0.476 e. The molecule has 1 aromatic rings. The van der Waals surface area contributed by atoms with E-state index in [4.69, 9.17) is 4.74 Å². The summed E-state index contributed by atoms with van der Waals surface area (Å²) in [7, 11) is 3.24. The van der Waals surface area contributed by atoms with Crippen LogP contribution in [0.25, 0.3) is 0 Å². The third-order valence-electron chi connectivity index (χ3n) is 3.69. The Bertz CT molecular complexity index is 534. The van der Waals surface area contributed by atoms with E-state index in [9.17, 15) is 14.7 Å². The van der Waals surface area contributed by atoms with Crippen molar-refractivity contribution in [3.63, 3.8) is 0 Å². The van der Waals surface area contributed by atoms with Gasteiger partial charge in [-0.05, 0) is 6.42 Å². The van der Waals surface area contributed by atoms with Gasteiger partial charge in [0.2, 0.25) is 0 Å². The van der Waals surface area contributed by atoms with Gasteiger partial charge in [-0.2, -0.15) is 5.10 Å². The topological polar surface area (TPSA) is 84.7 Å². The SMILES string of the molecule is CCC(OC)C(=O)N1CCc2c(c(C(=O)O)nn2C)C1. The van der Waals surface area contributed by atoms with E-state index >= 15 is 0 Å². The highest BCUT2D eigenvalue weighted by molar-refractivity contribution is 5.88. The van der Waals surface area contributed by atoms with E-state index in [0.29, 0.717) is 24.9 Å². The zero-order chi connectivity index (χ0) is 14.9. The van der Waals surface area contributed by atoms with Gasteiger partial charge in [0.05, 0.1) is 0 Å². The van der Waals surface area contributed by atoms with Gasteiger partial charge in [0.25, 0.3) is 5.91 Å². The lowest BCUT2D eigenvalue weighted by Crippen LogP contribution is -2.43. The molecule has 7 heteroatoms. The number of carboxylic acids is 1. The number of carbonyl (C=O) groups is 2. The lowest BCUT2D eigenvalue weighted by Gasteiger charge is -2.30. The van der Waals surface area contributed by atoms with Gasteiger partial charge < -0.3 is 14.7 Å². The van der Waals surface area contributed by atoms with Crippen LogP contribution in [0.3, 0.4) is 0 Å². The summed E-state index contributed by atoms with van der Waals surface area (Å²) in [4.78, 5) is 25.1. The van der Waals surface area contributed by atoms with Gasteiger partial charge in [-0.1, -0.05) is 6.92 Å². The van der Waals surface area contributed by atoms with E-state index in [0.717, 1.165) is 5.69 Å². The summed E-state index contributed by atoms with van der Waals surface area (Å²) in [5.74, 6) is -1.16. The quantitative estimate of drug-likeness (QED) is 0.865. The van der Waals surface area contributed by atoms with Crippen molar-refractivity contribution >= 4 is 11.9 Å². The van der Waals surface area contributed by atoms with Crippen LogP contribution in [0, 0.1) is 0 Å². The molecule has 0 bridgehead atoms. The summed E-state index contributed by atoms with van der Waals surface area (Å²) < 4.78 is 6.75. The molecular formula is C13H19N3O4. The molecule has 2 heterocycles. The number of aromatic carboxylic acids is 1. The average molecular weight is 281 g/mol. The molecule has 0 fully saturated rings. The van der Waals surface area contributed by atoms with Crippen molar-refractivity contribution in [2.75, 3.05) is 13.7 Å². The van der Waals surface area contributed by atoms with Gasteiger partial charge >= 0.3 is 5.97 Å². The van der Waals surface area contributed by atoms with Crippen LogP contribution in [0.1, 0.15) is 35.1 Å². The number of aryl methyl sites for hydroxylation is 1. The first-order valence-corrected chi connectivity index (χ1v) is 6.59. The molecule has 1 amide bonds. The Morgan fingerprint density at radius 1 is 1.50 bits per heavy atom. The van der Waals surface area contributed by atoms with Crippen LogP contribution < -0.4 is 0 Å². The first-order valence-electron chi connectivity index (χ1n) is 6.59. The van der Waals surface area contributed by atoms with Crippen LogP contribution in [-0.2, 0) is 29.5 Å². The van der Waals surface area contributed by atoms with E-state index in [-0.39, 0.29) is 18.1 Å². The van der Waals surface area contributed by atoms with Crippen molar-refractivity contribution in [3.05, 3.63) is 17.0 Å². The van der Waals surface area contributed by atoms with E-state index in [2.05, 4.69) is 5.10 Å². The highest BCUT2D eigenvalue weighted by Crippen LogP contribution is 2.23. The third kappa shape index (κ3) is 2.40. The van der Waals surface area contributed by atoms with Crippen molar-refractivity contribution < 1.29 is 19.4 Å². The molecule has 1 aromatic heterocycles.